The Balaban J connectivity index is 2.00. The summed E-state index contributed by atoms with van der Waals surface area (Å²) in [5.74, 6) is -2.24. The zero-order valence-corrected chi connectivity index (χ0v) is 13.1. The molecule has 2 aromatic carbocycles. The number of ketones is 2. The second kappa shape index (κ2) is 6.55. The molecule has 4 atom stereocenters. The second-order valence-electron chi connectivity index (χ2n) is 5.85. The van der Waals surface area contributed by atoms with Crippen molar-refractivity contribution in [3.05, 3.63) is 65.7 Å². The van der Waals surface area contributed by atoms with E-state index in [1.807, 2.05) is 0 Å². The molecule has 0 saturated heterocycles. The molecular formula is C19H18O5. The van der Waals surface area contributed by atoms with Gasteiger partial charge in [0, 0.05) is 11.5 Å². The molecule has 1 aliphatic rings. The van der Waals surface area contributed by atoms with Crippen molar-refractivity contribution in [2.75, 3.05) is 7.11 Å². The largest absolute Gasteiger partial charge is 0.497 e. The Morgan fingerprint density at radius 2 is 1.58 bits per heavy atom. The van der Waals surface area contributed by atoms with Crippen LogP contribution in [0.1, 0.15) is 21.8 Å². The third-order valence-electron chi connectivity index (χ3n) is 4.51. The van der Waals surface area contributed by atoms with Crippen molar-refractivity contribution in [2.45, 2.75) is 18.1 Å². The molecule has 3 rings (SSSR count). The van der Waals surface area contributed by atoms with E-state index < -0.39 is 29.8 Å². The Morgan fingerprint density at radius 1 is 0.958 bits per heavy atom. The van der Waals surface area contributed by atoms with Gasteiger partial charge in [0.1, 0.15) is 18.0 Å². The average Bonchev–Trinajstić information content (AvgIpc) is 2.86. The number of methoxy groups -OCH3 is 1. The maximum Gasteiger partial charge on any atom is 0.191 e. The third kappa shape index (κ3) is 2.72. The summed E-state index contributed by atoms with van der Waals surface area (Å²) in [6.07, 6.45) is -2.93. The van der Waals surface area contributed by atoms with E-state index in [4.69, 9.17) is 4.74 Å². The van der Waals surface area contributed by atoms with Crippen LogP contribution in [0, 0.1) is 5.92 Å². The summed E-state index contributed by atoms with van der Waals surface area (Å²) >= 11 is 0. The summed E-state index contributed by atoms with van der Waals surface area (Å²) in [7, 11) is 1.54. The average molecular weight is 326 g/mol. The predicted molar refractivity (Wildman–Crippen MR) is 87.0 cm³/mol. The molecule has 124 valence electrons. The van der Waals surface area contributed by atoms with Crippen LogP contribution in [0.3, 0.4) is 0 Å². The lowest BCUT2D eigenvalue weighted by Crippen LogP contribution is -2.30. The van der Waals surface area contributed by atoms with Crippen molar-refractivity contribution in [2.24, 2.45) is 5.92 Å². The van der Waals surface area contributed by atoms with Gasteiger partial charge < -0.3 is 14.9 Å². The van der Waals surface area contributed by atoms with Crippen molar-refractivity contribution in [3.8, 4) is 5.75 Å². The lowest BCUT2D eigenvalue weighted by Gasteiger charge is -2.22. The molecule has 0 bridgehead atoms. The van der Waals surface area contributed by atoms with E-state index in [0.29, 0.717) is 16.9 Å². The lowest BCUT2D eigenvalue weighted by molar-refractivity contribution is -0.131. The fourth-order valence-corrected chi connectivity index (χ4v) is 3.24. The topological polar surface area (TPSA) is 83.8 Å². The van der Waals surface area contributed by atoms with Crippen molar-refractivity contribution in [1.29, 1.82) is 0 Å². The van der Waals surface area contributed by atoms with Crippen LogP contribution in [-0.4, -0.2) is 41.1 Å². The Kier molecular flexibility index (Phi) is 4.46. The van der Waals surface area contributed by atoms with Gasteiger partial charge >= 0.3 is 0 Å². The van der Waals surface area contributed by atoms with Gasteiger partial charge in [0.15, 0.2) is 11.6 Å². The number of aliphatic hydroxyl groups is 2. The molecule has 1 aliphatic carbocycles. The third-order valence-corrected chi connectivity index (χ3v) is 4.51. The molecule has 4 unspecified atom stereocenters. The van der Waals surface area contributed by atoms with Crippen molar-refractivity contribution in [3.63, 3.8) is 0 Å². The number of carbonyl (C=O) groups excluding carboxylic acids is 2. The number of ether oxygens (including phenoxy) is 1. The molecule has 0 amide bonds. The van der Waals surface area contributed by atoms with E-state index >= 15 is 0 Å². The second-order valence-corrected chi connectivity index (χ2v) is 5.85. The standard InChI is InChI=1S/C19H18O5/c1-24-13-9-7-11(8-10-13)14-15(18(22)19(23)17(14)21)16(20)12-5-3-2-4-6-12/h2-10,14-15,17-18,21-22H,1H3. The van der Waals surface area contributed by atoms with E-state index in [9.17, 15) is 19.8 Å². The molecule has 5 nitrogen and oxygen atoms in total. The lowest BCUT2D eigenvalue weighted by atomic mass is 9.82. The number of aliphatic hydroxyl groups excluding tert-OH is 2. The summed E-state index contributed by atoms with van der Waals surface area (Å²) in [6, 6.07) is 15.3. The first kappa shape index (κ1) is 16.4. The Bertz CT molecular complexity index is 738. The Morgan fingerprint density at radius 3 is 2.17 bits per heavy atom. The summed E-state index contributed by atoms with van der Waals surface area (Å²) < 4.78 is 5.10. The number of benzene rings is 2. The maximum atomic E-state index is 12.8. The minimum absolute atomic E-state index is 0.353. The van der Waals surface area contributed by atoms with Gasteiger partial charge in [-0.3, -0.25) is 9.59 Å². The van der Waals surface area contributed by atoms with Crippen LogP contribution >= 0.6 is 0 Å². The smallest absolute Gasteiger partial charge is 0.191 e. The normalized spacial score (nSPS) is 26.4. The maximum absolute atomic E-state index is 12.8. The van der Waals surface area contributed by atoms with Crippen molar-refractivity contribution < 1.29 is 24.5 Å². The molecule has 24 heavy (non-hydrogen) atoms. The minimum Gasteiger partial charge on any atom is -0.497 e. The highest BCUT2D eigenvalue weighted by atomic mass is 16.5. The molecule has 0 heterocycles. The molecule has 0 radical (unpaired) electrons. The number of hydrogen-bond donors (Lipinski definition) is 2. The van der Waals surface area contributed by atoms with Gasteiger partial charge in [-0.2, -0.15) is 0 Å². The molecule has 0 aliphatic heterocycles. The van der Waals surface area contributed by atoms with Crippen LogP contribution in [0.4, 0.5) is 0 Å². The fourth-order valence-electron chi connectivity index (χ4n) is 3.24. The van der Waals surface area contributed by atoms with E-state index in [-0.39, 0.29) is 5.78 Å². The van der Waals surface area contributed by atoms with Crippen molar-refractivity contribution >= 4 is 11.6 Å². The number of rotatable bonds is 4. The molecule has 1 saturated carbocycles. The van der Waals surface area contributed by atoms with Crippen LogP contribution < -0.4 is 4.74 Å². The first-order valence-electron chi connectivity index (χ1n) is 7.67. The quantitative estimate of drug-likeness (QED) is 0.834. The molecule has 5 heteroatoms. The van der Waals surface area contributed by atoms with Gasteiger partial charge in [-0.1, -0.05) is 42.5 Å². The molecule has 2 aromatic rings. The van der Waals surface area contributed by atoms with Gasteiger partial charge in [-0.05, 0) is 17.7 Å². The molecular weight excluding hydrogens is 308 g/mol. The Hall–Kier alpha value is -2.50. The van der Waals surface area contributed by atoms with Crippen molar-refractivity contribution in [1.82, 2.24) is 0 Å². The highest BCUT2D eigenvalue weighted by molar-refractivity contribution is 6.05. The molecule has 0 aromatic heterocycles. The Labute approximate surface area is 139 Å². The van der Waals surface area contributed by atoms with E-state index in [1.165, 1.54) is 7.11 Å². The number of hydrogen-bond acceptors (Lipinski definition) is 5. The molecule has 0 spiro atoms. The molecule has 1 fully saturated rings. The summed E-state index contributed by atoms with van der Waals surface area (Å²) in [6.45, 7) is 0. The first-order chi connectivity index (χ1) is 11.5. The van der Waals surface area contributed by atoms with Gasteiger partial charge in [-0.25, -0.2) is 0 Å². The van der Waals surface area contributed by atoms with Gasteiger partial charge in [0.25, 0.3) is 0 Å². The van der Waals surface area contributed by atoms with Crippen LogP contribution in [-0.2, 0) is 4.79 Å². The molecule has 2 N–H and O–H groups in total. The zero-order chi connectivity index (χ0) is 17.3. The highest BCUT2D eigenvalue weighted by Crippen LogP contribution is 2.40. The fraction of sp³-hybridized carbons (Fsp3) is 0.263. The van der Waals surface area contributed by atoms with Crippen LogP contribution in [0.2, 0.25) is 0 Å². The summed E-state index contributed by atoms with van der Waals surface area (Å²) in [5.41, 5.74) is 1.02. The SMILES string of the molecule is COc1ccc(C2C(O)C(=O)C(O)C2C(=O)c2ccccc2)cc1. The van der Waals surface area contributed by atoms with Gasteiger partial charge in [0.05, 0.1) is 13.0 Å². The van der Waals surface area contributed by atoms with E-state index in [2.05, 4.69) is 0 Å². The predicted octanol–water partition coefficient (Wildman–Crippen LogP) is 1.58. The first-order valence-corrected chi connectivity index (χ1v) is 7.67. The van der Waals surface area contributed by atoms with Gasteiger partial charge in [0.2, 0.25) is 0 Å². The monoisotopic (exact) mass is 326 g/mol. The minimum atomic E-state index is -1.51. The number of carbonyl (C=O) groups is 2. The van der Waals surface area contributed by atoms with E-state index in [0.717, 1.165) is 0 Å². The van der Waals surface area contributed by atoms with Gasteiger partial charge in [-0.15, -0.1) is 0 Å². The van der Waals surface area contributed by atoms with Crippen LogP contribution in [0.15, 0.2) is 54.6 Å². The van der Waals surface area contributed by atoms with Crippen LogP contribution in [0.25, 0.3) is 0 Å². The summed E-state index contributed by atoms with van der Waals surface area (Å²) in [4.78, 5) is 24.9. The van der Waals surface area contributed by atoms with Crippen LogP contribution in [0.5, 0.6) is 5.75 Å². The zero-order valence-electron chi connectivity index (χ0n) is 13.1. The van der Waals surface area contributed by atoms with E-state index in [1.54, 1.807) is 54.6 Å². The summed E-state index contributed by atoms with van der Waals surface area (Å²) in [5, 5.41) is 20.5. The highest BCUT2D eigenvalue weighted by Gasteiger charge is 2.52. The number of Topliss-reactive ketones (excluding diaryl/α,β-unsaturated/α-hetero) is 2.